The summed E-state index contributed by atoms with van der Waals surface area (Å²) >= 11 is 0. The normalized spacial score (nSPS) is 21.9. The van der Waals surface area contributed by atoms with Crippen LogP contribution in [0.25, 0.3) is 0 Å². The number of amides is 2. The minimum atomic E-state index is -1.11. The highest BCUT2D eigenvalue weighted by atomic mass is 16.4. The lowest BCUT2D eigenvalue weighted by atomic mass is 10.1. The van der Waals surface area contributed by atoms with E-state index in [0.717, 1.165) is 4.90 Å². The van der Waals surface area contributed by atoms with Crippen LogP contribution in [0.4, 0.5) is 0 Å². The minimum absolute atomic E-state index is 0.0336. The lowest BCUT2D eigenvalue weighted by molar-refractivity contribution is -0.160. The van der Waals surface area contributed by atoms with Gasteiger partial charge in [-0.3, -0.25) is 14.4 Å². The molecule has 16 heavy (non-hydrogen) atoms. The second kappa shape index (κ2) is 4.51. The van der Waals surface area contributed by atoms with Gasteiger partial charge in [0.25, 0.3) is 0 Å². The van der Waals surface area contributed by atoms with Gasteiger partial charge in [-0.15, -0.1) is 0 Å². The number of piperazine rings is 1. The molecule has 0 aromatic heterocycles. The standard InChI is InChI=1S/C10H16N2O4/c1-6(2)11-4-8(13)12(5-9(14)15)7(3)10(11)16/h6-7H,4-5H2,1-3H3,(H,14,15)/t7-/m0/s1. The molecule has 1 aliphatic heterocycles. The van der Waals surface area contributed by atoms with E-state index < -0.39 is 18.6 Å². The van der Waals surface area contributed by atoms with Gasteiger partial charge in [0, 0.05) is 6.04 Å². The van der Waals surface area contributed by atoms with Gasteiger partial charge in [0.1, 0.15) is 19.1 Å². The van der Waals surface area contributed by atoms with Crippen molar-refractivity contribution in [2.75, 3.05) is 13.1 Å². The molecule has 1 saturated heterocycles. The number of hydrogen-bond donors (Lipinski definition) is 1. The molecule has 90 valence electrons. The minimum Gasteiger partial charge on any atom is -0.480 e. The van der Waals surface area contributed by atoms with Gasteiger partial charge in [0.05, 0.1) is 0 Å². The summed E-state index contributed by atoms with van der Waals surface area (Å²) in [5.41, 5.74) is 0. The largest absolute Gasteiger partial charge is 0.480 e. The average Bonchev–Trinajstić information content (AvgIpc) is 2.17. The lowest BCUT2D eigenvalue weighted by Gasteiger charge is -2.39. The van der Waals surface area contributed by atoms with Gasteiger partial charge in [-0.05, 0) is 20.8 Å². The maximum absolute atomic E-state index is 11.8. The summed E-state index contributed by atoms with van der Waals surface area (Å²) in [6, 6.07) is -0.745. The molecule has 6 nitrogen and oxygen atoms in total. The second-order valence-electron chi connectivity index (χ2n) is 4.15. The van der Waals surface area contributed by atoms with E-state index in [1.54, 1.807) is 6.92 Å². The van der Waals surface area contributed by atoms with Crippen LogP contribution >= 0.6 is 0 Å². The van der Waals surface area contributed by atoms with Crippen LogP contribution in [0, 0.1) is 0 Å². The zero-order valence-corrected chi connectivity index (χ0v) is 9.64. The Balaban J connectivity index is 2.84. The van der Waals surface area contributed by atoms with Gasteiger partial charge < -0.3 is 14.9 Å². The van der Waals surface area contributed by atoms with Crippen molar-refractivity contribution >= 4 is 17.8 Å². The summed E-state index contributed by atoms with van der Waals surface area (Å²) in [7, 11) is 0. The van der Waals surface area contributed by atoms with Crippen LogP contribution in [-0.2, 0) is 14.4 Å². The lowest BCUT2D eigenvalue weighted by Crippen LogP contribution is -2.61. The quantitative estimate of drug-likeness (QED) is 0.709. The van der Waals surface area contributed by atoms with Crippen molar-refractivity contribution in [2.24, 2.45) is 0 Å². The van der Waals surface area contributed by atoms with Crippen molar-refractivity contribution in [1.29, 1.82) is 0 Å². The van der Waals surface area contributed by atoms with E-state index in [-0.39, 0.29) is 24.4 Å². The first-order valence-corrected chi connectivity index (χ1v) is 5.16. The highest BCUT2D eigenvalue weighted by molar-refractivity contribution is 5.96. The molecule has 1 N–H and O–H groups in total. The van der Waals surface area contributed by atoms with Crippen LogP contribution in [0.3, 0.4) is 0 Å². The molecule has 1 aliphatic rings. The van der Waals surface area contributed by atoms with E-state index in [1.807, 2.05) is 13.8 Å². The Bertz CT molecular complexity index is 327. The van der Waals surface area contributed by atoms with Gasteiger partial charge >= 0.3 is 5.97 Å². The van der Waals surface area contributed by atoms with E-state index in [2.05, 4.69) is 0 Å². The SMILES string of the molecule is CC(C)N1CC(=O)N(CC(=O)O)[C@@H](C)C1=O. The summed E-state index contributed by atoms with van der Waals surface area (Å²) in [6.45, 7) is 4.75. The van der Waals surface area contributed by atoms with E-state index in [0.29, 0.717) is 0 Å². The van der Waals surface area contributed by atoms with Gasteiger partial charge in [-0.1, -0.05) is 0 Å². The molecule has 1 fully saturated rings. The topological polar surface area (TPSA) is 77.9 Å². The first-order chi connectivity index (χ1) is 7.34. The molecule has 1 atom stereocenters. The van der Waals surface area contributed by atoms with Crippen molar-refractivity contribution in [2.45, 2.75) is 32.9 Å². The summed E-state index contributed by atoms with van der Waals surface area (Å²) in [5, 5.41) is 8.64. The maximum Gasteiger partial charge on any atom is 0.323 e. The van der Waals surface area contributed by atoms with E-state index >= 15 is 0 Å². The van der Waals surface area contributed by atoms with Gasteiger partial charge in [0.15, 0.2) is 0 Å². The Morgan fingerprint density at radius 2 is 2.06 bits per heavy atom. The summed E-state index contributed by atoms with van der Waals surface area (Å²) in [4.78, 5) is 36.6. The van der Waals surface area contributed by atoms with Crippen LogP contribution in [0.2, 0.25) is 0 Å². The highest BCUT2D eigenvalue weighted by Crippen LogP contribution is 2.14. The number of aliphatic carboxylic acids is 1. The van der Waals surface area contributed by atoms with Crippen LogP contribution < -0.4 is 0 Å². The predicted molar refractivity (Wildman–Crippen MR) is 55.7 cm³/mol. The fraction of sp³-hybridized carbons (Fsp3) is 0.700. The number of nitrogens with zero attached hydrogens (tertiary/aromatic N) is 2. The number of carboxylic acid groups (broad SMARTS) is 1. The fourth-order valence-corrected chi connectivity index (χ4v) is 1.71. The van der Waals surface area contributed by atoms with Crippen molar-refractivity contribution in [1.82, 2.24) is 9.80 Å². The Kier molecular flexibility index (Phi) is 3.51. The molecular formula is C10H16N2O4. The molecule has 0 bridgehead atoms. The van der Waals surface area contributed by atoms with E-state index in [4.69, 9.17) is 5.11 Å². The third-order valence-corrected chi connectivity index (χ3v) is 2.66. The summed E-state index contributed by atoms with van der Waals surface area (Å²) < 4.78 is 0. The Morgan fingerprint density at radius 3 is 2.50 bits per heavy atom. The average molecular weight is 228 g/mol. The Morgan fingerprint density at radius 1 is 1.50 bits per heavy atom. The zero-order valence-electron chi connectivity index (χ0n) is 9.64. The molecule has 1 heterocycles. The highest BCUT2D eigenvalue weighted by Gasteiger charge is 2.38. The number of carbonyl (C=O) groups excluding carboxylic acids is 2. The van der Waals surface area contributed by atoms with Crippen molar-refractivity contribution in [3.8, 4) is 0 Å². The number of hydrogen-bond acceptors (Lipinski definition) is 3. The third kappa shape index (κ3) is 2.32. The van der Waals surface area contributed by atoms with Gasteiger partial charge in [-0.25, -0.2) is 0 Å². The van der Waals surface area contributed by atoms with Crippen molar-refractivity contribution in [3.63, 3.8) is 0 Å². The molecule has 0 saturated carbocycles. The molecule has 0 spiro atoms. The monoisotopic (exact) mass is 228 g/mol. The fourth-order valence-electron chi connectivity index (χ4n) is 1.71. The molecule has 0 aliphatic carbocycles. The van der Waals surface area contributed by atoms with E-state index in [9.17, 15) is 14.4 Å². The van der Waals surface area contributed by atoms with Gasteiger partial charge in [-0.2, -0.15) is 0 Å². The van der Waals surface area contributed by atoms with Crippen LogP contribution in [0.5, 0.6) is 0 Å². The smallest absolute Gasteiger partial charge is 0.323 e. The van der Waals surface area contributed by atoms with Crippen molar-refractivity contribution in [3.05, 3.63) is 0 Å². The molecule has 2 amide bonds. The van der Waals surface area contributed by atoms with Crippen molar-refractivity contribution < 1.29 is 19.5 Å². The Hall–Kier alpha value is -1.59. The number of carboxylic acids is 1. The molecule has 0 radical (unpaired) electrons. The molecule has 0 aromatic rings. The number of carbonyl (C=O) groups is 3. The summed E-state index contributed by atoms with van der Waals surface area (Å²) in [5.74, 6) is -1.62. The molecule has 1 rings (SSSR count). The Labute approximate surface area is 93.8 Å². The zero-order chi connectivity index (χ0) is 12.5. The summed E-state index contributed by atoms with van der Waals surface area (Å²) in [6.07, 6.45) is 0. The van der Waals surface area contributed by atoms with E-state index in [1.165, 1.54) is 4.90 Å². The third-order valence-electron chi connectivity index (χ3n) is 2.66. The van der Waals surface area contributed by atoms with Crippen LogP contribution in [0.15, 0.2) is 0 Å². The van der Waals surface area contributed by atoms with Crippen LogP contribution in [-0.4, -0.2) is 57.9 Å². The first kappa shape index (κ1) is 12.5. The van der Waals surface area contributed by atoms with Crippen LogP contribution in [0.1, 0.15) is 20.8 Å². The van der Waals surface area contributed by atoms with Gasteiger partial charge in [0.2, 0.25) is 11.8 Å². The number of rotatable bonds is 3. The molecule has 6 heteroatoms. The molecule has 0 unspecified atom stereocenters. The first-order valence-electron chi connectivity index (χ1n) is 5.16. The second-order valence-corrected chi connectivity index (χ2v) is 4.15. The molecular weight excluding hydrogens is 212 g/mol. The molecule has 0 aromatic carbocycles. The maximum atomic E-state index is 11.8. The predicted octanol–water partition coefficient (Wildman–Crippen LogP) is -0.461.